The van der Waals surface area contributed by atoms with Gasteiger partial charge in [-0.05, 0) is 43.2 Å². The molecule has 0 radical (unpaired) electrons. The number of benzene rings is 2. The van der Waals surface area contributed by atoms with E-state index in [1.54, 1.807) is 49.6 Å². The van der Waals surface area contributed by atoms with Crippen LogP contribution in [0.4, 0.5) is 22.1 Å². The number of carbonyl (C=O) groups is 1. The number of nitrogens with one attached hydrogen (secondary N) is 2. The minimum atomic E-state index is -0.411. The SMILES string of the molecule is COCCNC(=O)Nc1cccc(-n2c(C3CCCN3c3ncnc(N)c3C#N)nc3cccc(Cl)c3c2=O)c1. The number of nitrogen functional groups attached to an aromatic ring is 1. The van der Waals surface area contributed by atoms with Gasteiger partial charge in [0.05, 0.1) is 34.3 Å². The van der Waals surface area contributed by atoms with E-state index in [1.807, 2.05) is 4.90 Å². The van der Waals surface area contributed by atoms with E-state index >= 15 is 0 Å². The number of nitrogens with zero attached hydrogens (tertiary/aromatic N) is 6. The highest BCUT2D eigenvalue weighted by Crippen LogP contribution is 2.37. The molecule has 13 heteroatoms. The Kier molecular flexibility index (Phi) is 7.77. The summed E-state index contributed by atoms with van der Waals surface area (Å²) >= 11 is 6.47. The van der Waals surface area contributed by atoms with E-state index in [0.29, 0.717) is 54.7 Å². The summed E-state index contributed by atoms with van der Waals surface area (Å²) in [6, 6.07) is 13.3. The smallest absolute Gasteiger partial charge is 0.319 e. The van der Waals surface area contributed by atoms with Crippen LogP contribution < -0.4 is 26.8 Å². The quantitative estimate of drug-likeness (QED) is 0.288. The first-order chi connectivity index (χ1) is 19.4. The van der Waals surface area contributed by atoms with Gasteiger partial charge < -0.3 is 26.0 Å². The molecule has 5 rings (SSSR count). The van der Waals surface area contributed by atoms with Crippen LogP contribution in [0.25, 0.3) is 16.6 Å². The first-order valence-electron chi connectivity index (χ1n) is 12.6. The number of rotatable bonds is 7. The predicted octanol–water partition coefficient (Wildman–Crippen LogP) is 3.39. The molecule has 1 saturated heterocycles. The summed E-state index contributed by atoms with van der Waals surface area (Å²) in [7, 11) is 1.55. The molecule has 4 N–H and O–H groups in total. The van der Waals surface area contributed by atoms with E-state index in [1.165, 1.54) is 10.9 Å². The molecule has 0 saturated carbocycles. The van der Waals surface area contributed by atoms with Crippen LogP contribution >= 0.6 is 11.6 Å². The number of halogens is 1. The standard InChI is InChI=1S/C27H26ClN9O3/c1-40-12-10-31-27(39)34-16-5-2-6-17(13-16)37-25(35-20-8-3-7-19(28)22(20)26(37)38)21-9-4-11-36(21)24-18(14-29)23(30)32-15-33-24/h2-3,5-8,13,15,21H,4,9-12H2,1H3,(H2,30,32,33)(H2,31,34,39). The third-order valence-corrected chi connectivity index (χ3v) is 6.93. The summed E-state index contributed by atoms with van der Waals surface area (Å²) in [6.45, 7) is 1.29. The fraction of sp³-hybridized carbons (Fsp3) is 0.259. The van der Waals surface area contributed by atoms with Gasteiger partial charge in [-0.2, -0.15) is 5.26 Å². The number of urea groups is 1. The zero-order valence-electron chi connectivity index (χ0n) is 21.6. The summed E-state index contributed by atoms with van der Waals surface area (Å²) in [5.74, 6) is 0.906. The fourth-order valence-corrected chi connectivity index (χ4v) is 5.10. The summed E-state index contributed by atoms with van der Waals surface area (Å²) in [4.78, 5) is 41.6. The lowest BCUT2D eigenvalue weighted by Crippen LogP contribution is -2.33. The second-order valence-electron chi connectivity index (χ2n) is 9.09. The largest absolute Gasteiger partial charge is 0.383 e. The van der Waals surface area contributed by atoms with Gasteiger partial charge in [0.25, 0.3) is 5.56 Å². The van der Waals surface area contributed by atoms with Crippen molar-refractivity contribution in [3.63, 3.8) is 0 Å². The average molecular weight is 560 g/mol. The van der Waals surface area contributed by atoms with Gasteiger partial charge in [0, 0.05) is 25.9 Å². The van der Waals surface area contributed by atoms with E-state index in [2.05, 4.69) is 26.7 Å². The summed E-state index contributed by atoms with van der Waals surface area (Å²) in [6.07, 6.45) is 2.73. The van der Waals surface area contributed by atoms with Crippen molar-refractivity contribution < 1.29 is 9.53 Å². The maximum absolute atomic E-state index is 14.1. The third kappa shape index (κ3) is 5.12. The van der Waals surface area contributed by atoms with Crippen LogP contribution in [0, 0.1) is 11.3 Å². The lowest BCUT2D eigenvalue weighted by atomic mass is 10.1. The van der Waals surface area contributed by atoms with Gasteiger partial charge >= 0.3 is 6.03 Å². The molecule has 12 nitrogen and oxygen atoms in total. The van der Waals surface area contributed by atoms with Gasteiger partial charge in [0.2, 0.25) is 0 Å². The van der Waals surface area contributed by atoms with Gasteiger partial charge in [-0.15, -0.1) is 0 Å². The van der Waals surface area contributed by atoms with Crippen molar-refractivity contribution in [3.8, 4) is 11.8 Å². The average Bonchev–Trinajstić information content (AvgIpc) is 3.43. The Bertz CT molecular complexity index is 1680. The minimum absolute atomic E-state index is 0.0799. The molecule has 0 aliphatic carbocycles. The number of hydrogen-bond donors (Lipinski definition) is 3. The van der Waals surface area contributed by atoms with Crippen molar-refractivity contribution in [3.05, 3.63) is 75.6 Å². The molecule has 2 amide bonds. The molecule has 1 aliphatic rings. The van der Waals surface area contributed by atoms with E-state index in [9.17, 15) is 14.9 Å². The number of nitrogens with two attached hydrogens (primary N) is 1. The lowest BCUT2D eigenvalue weighted by molar-refractivity contribution is 0.198. The molecule has 3 heterocycles. The lowest BCUT2D eigenvalue weighted by Gasteiger charge is -2.28. The Labute approximate surface area is 234 Å². The molecule has 1 aliphatic heterocycles. The molecular weight excluding hydrogens is 534 g/mol. The molecule has 1 unspecified atom stereocenters. The molecule has 2 aromatic heterocycles. The third-order valence-electron chi connectivity index (χ3n) is 6.62. The maximum atomic E-state index is 14.1. The number of fused-ring (bicyclic) bond motifs is 1. The number of anilines is 3. The van der Waals surface area contributed by atoms with Gasteiger partial charge in [0.15, 0.2) is 5.82 Å². The molecule has 0 spiro atoms. The van der Waals surface area contributed by atoms with Crippen molar-refractivity contribution in [2.24, 2.45) is 0 Å². The molecule has 1 atom stereocenters. The Morgan fingerprint density at radius 2 is 2.10 bits per heavy atom. The van der Waals surface area contributed by atoms with Crippen LogP contribution in [-0.4, -0.2) is 52.4 Å². The summed E-state index contributed by atoms with van der Waals surface area (Å²) in [5.41, 5.74) is 7.20. The van der Waals surface area contributed by atoms with Crippen molar-refractivity contribution in [1.29, 1.82) is 5.26 Å². The van der Waals surface area contributed by atoms with Crippen LogP contribution in [0.2, 0.25) is 5.02 Å². The fourth-order valence-electron chi connectivity index (χ4n) is 4.85. The predicted molar refractivity (Wildman–Crippen MR) is 152 cm³/mol. The molecule has 204 valence electrons. The van der Waals surface area contributed by atoms with Crippen LogP contribution in [0.5, 0.6) is 0 Å². The molecule has 1 fully saturated rings. The highest BCUT2D eigenvalue weighted by Gasteiger charge is 2.34. The van der Waals surface area contributed by atoms with Gasteiger partial charge in [-0.1, -0.05) is 23.7 Å². The second kappa shape index (κ2) is 11.6. The minimum Gasteiger partial charge on any atom is -0.383 e. The number of hydrogen-bond acceptors (Lipinski definition) is 9. The number of aromatic nitrogens is 4. The summed E-state index contributed by atoms with van der Waals surface area (Å²) < 4.78 is 6.47. The Morgan fingerprint density at radius 1 is 1.27 bits per heavy atom. The second-order valence-corrected chi connectivity index (χ2v) is 9.50. The monoisotopic (exact) mass is 559 g/mol. The first kappa shape index (κ1) is 26.9. The van der Waals surface area contributed by atoms with Crippen LogP contribution in [-0.2, 0) is 4.74 Å². The van der Waals surface area contributed by atoms with Crippen LogP contribution in [0.1, 0.15) is 30.3 Å². The molecule has 2 aromatic carbocycles. The number of methoxy groups -OCH3 is 1. The van der Waals surface area contributed by atoms with E-state index < -0.39 is 12.1 Å². The summed E-state index contributed by atoms with van der Waals surface area (Å²) in [5, 5.41) is 15.8. The number of ether oxygens (including phenoxy) is 1. The van der Waals surface area contributed by atoms with E-state index in [4.69, 9.17) is 27.1 Å². The van der Waals surface area contributed by atoms with Gasteiger partial charge in [-0.25, -0.2) is 19.7 Å². The van der Waals surface area contributed by atoms with Crippen molar-refractivity contribution in [1.82, 2.24) is 24.8 Å². The first-order valence-corrected chi connectivity index (χ1v) is 12.9. The Morgan fingerprint density at radius 3 is 2.90 bits per heavy atom. The maximum Gasteiger partial charge on any atom is 0.319 e. The molecular formula is C27H26ClN9O3. The zero-order valence-corrected chi connectivity index (χ0v) is 22.4. The highest BCUT2D eigenvalue weighted by molar-refractivity contribution is 6.35. The topological polar surface area (TPSA) is 164 Å². The Balaban J connectivity index is 1.65. The number of amides is 2. The highest BCUT2D eigenvalue weighted by atomic mass is 35.5. The van der Waals surface area contributed by atoms with Gasteiger partial charge in [-0.3, -0.25) is 9.36 Å². The molecule has 4 aromatic rings. The van der Waals surface area contributed by atoms with Gasteiger partial charge in [0.1, 0.15) is 29.6 Å². The number of carbonyl (C=O) groups excluding carboxylic acids is 1. The molecule has 0 bridgehead atoms. The molecule has 40 heavy (non-hydrogen) atoms. The normalized spacial score (nSPS) is 14.7. The van der Waals surface area contributed by atoms with E-state index in [-0.39, 0.29) is 27.3 Å². The van der Waals surface area contributed by atoms with Crippen LogP contribution in [0.15, 0.2) is 53.6 Å². The van der Waals surface area contributed by atoms with Crippen molar-refractivity contribution >= 4 is 45.9 Å². The van der Waals surface area contributed by atoms with Crippen molar-refractivity contribution in [2.75, 3.05) is 42.8 Å². The number of nitriles is 1. The van der Waals surface area contributed by atoms with E-state index in [0.717, 1.165) is 6.42 Å². The van der Waals surface area contributed by atoms with Crippen LogP contribution in [0.3, 0.4) is 0 Å². The van der Waals surface area contributed by atoms with Crippen molar-refractivity contribution in [2.45, 2.75) is 18.9 Å². The zero-order chi connectivity index (χ0) is 28.2. The Hall–Kier alpha value is -4.73.